The third-order valence-electron chi connectivity index (χ3n) is 3.56. The summed E-state index contributed by atoms with van der Waals surface area (Å²) in [7, 11) is 0. The smallest absolute Gasteiger partial charge is 0.120 e. The molecule has 0 aromatic heterocycles. The number of benzene rings is 1. The van der Waals surface area contributed by atoms with Gasteiger partial charge in [0.2, 0.25) is 0 Å². The van der Waals surface area contributed by atoms with E-state index in [0.29, 0.717) is 11.2 Å². The van der Waals surface area contributed by atoms with Crippen LogP contribution in [0, 0.1) is 5.41 Å². The van der Waals surface area contributed by atoms with Crippen LogP contribution in [0.25, 0.3) is 0 Å². The number of hydrogen-bond donors (Lipinski definition) is 2. The van der Waals surface area contributed by atoms with Crippen LogP contribution in [-0.4, -0.2) is 11.7 Å². The summed E-state index contributed by atoms with van der Waals surface area (Å²) in [6.07, 6.45) is 3.95. The van der Waals surface area contributed by atoms with Gasteiger partial charge in [-0.2, -0.15) is 0 Å². The highest BCUT2D eigenvalue weighted by Crippen LogP contribution is 2.47. The van der Waals surface area contributed by atoms with Gasteiger partial charge in [-0.25, -0.2) is 0 Å². The molecule has 2 rings (SSSR count). The summed E-state index contributed by atoms with van der Waals surface area (Å²) in [5.41, 5.74) is 1.52. The average Bonchev–Trinajstić information content (AvgIpc) is 3.04. The van der Waals surface area contributed by atoms with E-state index in [-0.39, 0.29) is 12.4 Å². The number of halogens is 2. The Balaban J connectivity index is 0.00000144. The minimum atomic E-state index is 0. The average molecular weight is 321 g/mol. The molecular formula is C13H19BrClNO. The number of rotatable bonds is 5. The van der Waals surface area contributed by atoms with Gasteiger partial charge in [-0.05, 0) is 42.9 Å². The molecule has 0 aliphatic heterocycles. The molecule has 0 bridgehead atoms. The molecule has 1 aliphatic rings. The van der Waals surface area contributed by atoms with Gasteiger partial charge >= 0.3 is 0 Å². The number of aromatic hydroxyl groups is 1. The molecule has 0 unspecified atom stereocenters. The zero-order chi connectivity index (χ0) is 11.6. The zero-order valence-electron chi connectivity index (χ0n) is 10.0. The Bertz CT molecular complexity index is 380. The summed E-state index contributed by atoms with van der Waals surface area (Å²) in [6, 6.07) is 5.55. The molecule has 1 aromatic carbocycles. The van der Waals surface area contributed by atoms with Crippen molar-refractivity contribution in [2.75, 3.05) is 6.54 Å². The first-order chi connectivity index (χ1) is 7.65. The second-order valence-corrected chi connectivity index (χ2v) is 5.65. The fraction of sp³-hybridized carbons (Fsp3) is 0.538. The van der Waals surface area contributed by atoms with E-state index >= 15 is 0 Å². The van der Waals surface area contributed by atoms with Crippen molar-refractivity contribution >= 4 is 28.3 Å². The Morgan fingerprint density at radius 1 is 1.41 bits per heavy atom. The van der Waals surface area contributed by atoms with Crippen LogP contribution in [0.5, 0.6) is 5.75 Å². The van der Waals surface area contributed by atoms with Crippen LogP contribution in [-0.2, 0) is 6.54 Å². The SMILES string of the molecule is CCC1(CNCc2cc(Br)ccc2O)CC1.Cl. The summed E-state index contributed by atoms with van der Waals surface area (Å²) in [6.45, 7) is 4.06. The lowest BCUT2D eigenvalue weighted by atomic mass is 10.0. The fourth-order valence-electron chi connectivity index (χ4n) is 1.99. The number of hydrogen-bond acceptors (Lipinski definition) is 2. The molecular weight excluding hydrogens is 302 g/mol. The Morgan fingerprint density at radius 2 is 2.12 bits per heavy atom. The first kappa shape index (κ1) is 14.8. The van der Waals surface area contributed by atoms with Crippen molar-refractivity contribution < 1.29 is 5.11 Å². The van der Waals surface area contributed by atoms with E-state index < -0.39 is 0 Å². The number of phenols is 1. The third-order valence-corrected chi connectivity index (χ3v) is 4.06. The largest absolute Gasteiger partial charge is 0.508 e. The number of phenolic OH excluding ortho intramolecular Hbond substituents is 1. The van der Waals surface area contributed by atoms with E-state index in [1.807, 2.05) is 12.1 Å². The predicted octanol–water partition coefficient (Wildman–Crippen LogP) is 3.86. The van der Waals surface area contributed by atoms with E-state index in [2.05, 4.69) is 28.2 Å². The van der Waals surface area contributed by atoms with Crippen LogP contribution in [0.3, 0.4) is 0 Å². The summed E-state index contributed by atoms with van der Waals surface area (Å²) in [5.74, 6) is 0.372. The molecule has 0 atom stereocenters. The van der Waals surface area contributed by atoms with Crippen molar-refractivity contribution in [2.45, 2.75) is 32.7 Å². The molecule has 2 nitrogen and oxygen atoms in total. The van der Waals surface area contributed by atoms with Crippen molar-refractivity contribution in [3.05, 3.63) is 28.2 Å². The van der Waals surface area contributed by atoms with Gasteiger partial charge in [-0.1, -0.05) is 22.9 Å². The molecule has 1 aliphatic carbocycles. The van der Waals surface area contributed by atoms with Crippen LogP contribution < -0.4 is 5.32 Å². The minimum absolute atomic E-state index is 0. The number of nitrogens with one attached hydrogen (secondary N) is 1. The van der Waals surface area contributed by atoms with Crippen LogP contribution in [0.4, 0.5) is 0 Å². The van der Waals surface area contributed by atoms with Crippen molar-refractivity contribution in [3.8, 4) is 5.75 Å². The second kappa shape index (κ2) is 6.07. The lowest BCUT2D eigenvalue weighted by molar-refractivity contribution is 0.432. The van der Waals surface area contributed by atoms with Gasteiger partial charge in [-0.15, -0.1) is 12.4 Å². The highest BCUT2D eigenvalue weighted by molar-refractivity contribution is 9.10. The van der Waals surface area contributed by atoms with Gasteiger partial charge in [0.1, 0.15) is 5.75 Å². The first-order valence-electron chi connectivity index (χ1n) is 5.83. The third kappa shape index (κ3) is 3.87. The van der Waals surface area contributed by atoms with Crippen LogP contribution >= 0.6 is 28.3 Å². The van der Waals surface area contributed by atoms with Crippen molar-refractivity contribution in [2.24, 2.45) is 5.41 Å². The normalized spacial score (nSPS) is 16.4. The Labute approximate surface area is 117 Å². The maximum atomic E-state index is 9.68. The van der Waals surface area contributed by atoms with Gasteiger partial charge in [-0.3, -0.25) is 0 Å². The summed E-state index contributed by atoms with van der Waals surface area (Å²) >= 11 is 3.41. The quantitative estimate of drug-likeness (QED) is 0.863. The van der Waals surface area contributed by atoms with Gasteiger partial charge in [0.25, 0.3) is 0 Å². The highest BCUT2D eigenvalue weighted by atomic mass is 79.9. The molecule has 0 spiro atoms. The topological polar surface area (TPSA) is 32.3 Å². The predicted molar refractivity (Wildman–Crippen MR) is 76.7 cm³/mol. The van der Waals surface area contributed by atoms with Crippen LogP contribution in [0.15, 0.2) is 22.7 Å². The van der Waals surface area contributed by atoms with Gasteiger partial charge in [0.15, 0.2) is 0 Å². The molecule has 1 fully saturated rings. The van der Waals surface area contributed by atoms with Crippen LogP contribution in [0.1, 0.15) is 31.7 Å². The molecule has 1 saturated carbocycles. The molecule has 17 heavy (non-hydrogen) atoms. The summed E-state index contributed by atoms with van der Waals surface area (Å²) < 4.78 is 1.01. The summed E-state index contributed by atoms with van der Waals surface area (Å²) in [5, 5.41) is 13.1. The standard InChI is InChI=1S/C13H18BrNO.ClH/c1-2-13(5-6-13)9-15-8-10-7-11(14)3-4-12(10)16;/h3-4,7,15-16H,2,5-6,8-9H2,1H3;1H. The van der Waals surface area contributed by atoms with Gasteiger partial charge in [0.05, 0.1) is 0 Å². The molecule has 0 heterocycles. The maximum absolute atomic E-state index is 9.68. The second-order valence-electron chi connectivity index (χ2n) is 4.73. The lowest BCUT2D eigenvalue weighted by Crippen LogP contribution is -2.23. The molecule has 96 valence electrons. The molecule has 4 heteroatoms. The molecule has 2 N–H and O–H groups in total. The monoisotopic (exact) mass is 319 g/mol. The van der Waals surface area contributed by atoms with Crippen molar-refractivity contribution in [1.29, 1.82) is 0 Å². The van der Waals surface area contributed by atoms with E-state index in [0.717, 1.165) is 23.1 Å². The molecule has 1 aromatic rings. The van der Waals surface area contributed by atoms with Crippen molar-refractivity contribution in [1.82, 2.24) is 5.32 Å². The van der Waals surface area contributed by atoms with E-state index in [1.54, 1.807) is 6.07 Å². The summed E-state index contributed by atoms with van der Waals surface area (Å²) in [4.78, 5) is 0. The minimum Gasteiger partial charge on any atom is -0.508 e. The van der Waals surface area contributed by atoms with Crippen molar-refractivity contribution in [3.63, 3.8) is 0 Å². The van der Waals surface area contributed by atoms with E-state index in [9.17, 15) is 5.11 Å². The Hall–Kier alpha value is -0.250. The highest BCUT2D eigenvalue weighted by Gasteiger charge is 2.39. The maximum Gasteiger partial charge on any atom is 0.120 e. The van der Waals surface area contributed by atoms with E-state index in [4.69, 9.17) is 0 Å². The Kier molecular flexibility index (Phi) is 5.29. The van der Waals surface area contributed by atoms with Crippen LogP contribution in [0.2, 0.25) is 0 Å². The first-order valence-corrected chi connectivity index (χ1v) is 6.63. The molecule has 0 radical (unpaired) electrons. The van der Waals surface area contributed by atoms with E-state index in [1.165, 1.54) is 19.3 Å². The van der Waals surface area contributed by atoms with Gasteiger partial charge in [0, 0.05) is 23.1 Å². The molecule has 0 saturated heterocycles. The Morgan fingerprint density at radius 3 is 2.71 bits per heavy atom. The fourth-order valence-corrected chi connectivity index (χ4v) is 2.40. The molecule has 0 amide bonds. The zero-order valence-corrected chi connectivity index (χ0v) is 12.4. The lowest BCUT2D eigenvalue weighted by Gasteiger charge is -2.14. The van der Waals surface area contributed by atoms with Gasteiger partial charge < -0.3 is 10.4 Å².